The average Bonchev–Trinajstić information content (AvgIpc) is 2.99. The van der Waals surface area contributed by atoms with Gasteiger partial charge in [0.05, 0.1) is 22.9 Å². The fourth-order valence-electron chi connectivity index (χ4n) is 2.15. The fraction of sp³-hybridized carbons (Fsp3) is 0.0588. The lowest BCUT2D eigenvalue weighted by Gasteiger charge is -2.06. The van der Waals surface area contributed by atoms with E-state index in [1.54, 1.807) is 12.1 Å². The van der Waals surface area contributed by atoms with E-state index in [1.807, 2.05) is 24.3 Å². The van der Waals surface area contributed by atoms with Crippen molar-refractivity contribution in [2.24, 2.45) is 0 Å². The third kappa shape index (κ3) is 2.82. The molecule has 0 spiro atoms. The van der Waals surface area contributed by atoms with Crippen LogP contribution in [0.3, 0.4) is 0 Å². The summed E-state index contributed by atoms with van der Waals surface area (Å²) >= 11 is 1.42. The second kappa shape index (κ2) is 5.99. The fourth-order valence-corrected chi connectivity index (χ4v) is 3.08. The molecule has 0 saturated heterocycles. The molecule has 114 valence electrons. The highest BCUT2D eigenvalue weighted by atomic mass is 32.1. The highest BCUT2D eigenvalue weighted by Gasteiger charge is 2.12. The van der Waals surface area contributed by atoms with Crippen molar-refractivity contribution < 1.29 is 14.9 Å². The molecule has 0 aliphatic heterocycles. The summed E-state index contributed by atoms with van der Waals surface area (Å²) in [6, 6.07) is 12.7. The van der Waals surface area contributed by atoms with Gasteiger partial charge in [0.25, 0.3) is 0 Å². The number of aromatic nitrogens is 1. The van der Waals surface area contributed by atoms with Crippen LogP contribution in [0.4, 0.5) is 0 Å². The number of phenols is 2. The minimum absolute atomic E-state index is 0.137. The molecule has 1 heterocycles. The van der Waals surface area contributed by atoms with Crippen LogP contribution in [0.5, 0.6) is 17.2 Å². The maximum atomic E-state index is 9.73. The first kappa shape index (κ1) is 14.9. The predicted molar refractivity (Wildman–Crippen MR) is 89.4 cm³/mol. The number of methoxy groups -OCH3 is 1. The quantitative estimate of drug-likeness (QED) is 0.565. The third-order valence-electron chi connectivity index (χ3n) is 3.25. The Balaban J connectivity index is 2.09. The van der Waals surface area contributed by atoms with E-state index in [4.69, 9.17) is 4.74 Å². The number of nitriles is 1. The van der Waals surface area contributed by atoms with E-state index in [0.29, 0.717) is 16.1 Å². The topological polar surface area (TPSA) is 86.4 Å². The largest absolute Gasteiger partial charge is 0.504 e. The molecule has 1 aromatic heterocycles. The van der Waals surface area contributed by atoms with E-state index < -0.39 is 0 Å². The molecule has 6 heteroatoms. The number of ether oxygens (including phenoxy) is 1. The maximum Gasteiger partial charge on any atom is 0.200 e. The number of hydrogen-bond acceptors (Lipinski definition) is 6. The van der Waals surface area contributed by atoms with E-state index >= 15 is 0 Å². The molecule has 0 aliphatic carbocycles. The van der Waals surface area contributed by atoms with Gasteiger partial charge in [0.15, 0.2) is 11.5 Å². The van der Waals surface area contributed by atoms with Crippen LogP contribution in [-0.2, 0) is 0 Å². The lowest BCUT2D eigenvalue weighted by atomic mass is 10.1. The van der Waals surface area contributed by atoms with Crippen molar-refractivity contribution in [3.05, 3.63) is 47.0 Å². The highest BCUT2D eigenvalue weighted by Crippen LogP contribution is 2.37. The minimum atomic E-state index is -0.330. The molecule has 0 radical (unpaired) electrons. The van der Waals surface area contributed by atoms with Gasteiger partial charge in [-0.3, -0.25) is 0 Å². The molecular weight excluding hydrogens is 312 g/mol. The Morgan fingerprint density at radius 2 is 2.09 bits per heavy atom. The molecule has 3 rings (SSSR count). The zero-order valence-corrected chi connectivity index (χ0v) is 13.0. The summed E-state index contributed by atoms with van der Waals surface area (Å²) < 4.78 is 6.00. The summed E-state index contributed by atoms with van der Waals surface area (Å²) in [5, 5.41) is 29.4. The molecule has 2 N–H and O–H groups in total. The monoisotopic (exact) mass is 324 g/mol. The molecule has 0 unspecified atom stereocenters. The number of allylic oxidation sites excluding steroid dienone is 1. The average molecular weight is 324 g/mol. The first-order valence-corrected chi connectivity index (χ1v) is 7.51. The molecule has 0 fully saturated rings. The number of nitrogens with zero attached hydrogens (tertiary/aromatic N) is 2. The van der Waals surface area contributed by atoms with E-state index in [0.717, 1.165) is 10.2 Å². The smallest absolute Gasteiger partial charge is 0.200 e. The second-order valence-electron chi connectivity index (χ2n) is 4.75. The van der Waals surface area contributed by atoms with Gasteiger partial charge in [-0.1, -0.05) is 12.1 Å². The van der Waals surface area contributed by atoms with Crippen LogP contribution in [0.2, 0.25) is 0 Å². The summed E-state index contributed by atoms with van der Waals surface area (Å²) in [7, 11) is 1.39. The van der Waals surface area contributed by atoms with Crippen molar-refractivity contribution in [1.29, 1.82) is 5.26 Å². The normalized spacial score (nSPS) is 11.4. The van der Waals surface area contributed by atoms with Gasteiger partial charge in [-0.05, 0) is 35.9 Å². The van der Waals surface area contributed by atoms with Gasteiger partial charge in [-0.25, -0.2) is 4.98 Å². The van der Waals surface area contributed by atoms with Gasteiger partial charge < -0.3 is 14.9 Å². The van der Waals surface area contributed by atoms with Crippen molar-refractivity contribution >= 4 is 33.2 Å². The molecule has 5 nitrogen and oxygen atoms in total. The van der Waals surface area contributed by atoms with Crippen molar-refractivity contribution in [3.8, 4) is 23.3 Å². The van der Waals surface area contributed by atoms with E-state index in [-0.39, 0.29) is 17.2 Å². The Hall–Kier alpha value is -3.04. The van der Waals surface area contributed by atoms with Crippen LogP contribution in [-0.4, -0.2) is 22.3 Å². The number of rotatable bonds is 3. The number of fused-ring (bicyclic) bond motifs is 1. The standard InChI is InChI=1S/C17H12N2O3S/c1-22-14-8-10(7-13(20)16(14)21)6-11(9-18)17-19-12-4-2-3-5-15(12)23-17/h2-8,20-21H,1H3/b11-6+. The Morgan fingerprint density at radius 1 is 1.30 bits per heavy atom. The third-order valence-corrected chi connectivity index (χ3v) is 4.32. The van der Waals surface area contributed by atoms with E-state index in [2.05, 4.69) is 11.1 Å². The summed E-state index contributed by atoms with van der Waals surface area (Å²) in [4.78, 5) is 4.45. The van der Waals surface area contributed by atoms with Crippen LogP contribution in [0.15, 0.2) is 36.4 Å². The van der Waals surface area contributed by atoms with Gasteiger partial charge >= 0.3 is 0 Å². The van der Waals surface area contributed by atoms with Gasteiger partial charge in [0.2, 0.25) is 5.75 Å². The number of para-hydroxylation sites is 1. The Morgan fingerprint density at radius 3 is 2.78 bits per heavy atom. The van der Waals surface area contributed by atoms with E-state index in [9.17, 15) is 15.5 Å². The molecule has 0 amide bonds. The zero-order valence-electron chi connectivity index (χ0n) is 12.1. The molecule has 2 aromatic carbocycles. The Labute approximate surface area is 136 Å². The van der Waals surface area contributed by atoms with Gasteiger partial charge in [0.1, 0.15) is 11.1 Å². The molecule has 0 saturated carbocycles. The van der Waals surface area contributed by atoms with Crippen LogP contribution in [0.1, 0.15) is 10.6 Å². The number of benzene rings is 2. The SMILES string of the molecule is COc1cc(/C=C(\C#N)c2nc3ccccc3s2)cc(O)c1O. The Kier molecular flexibility index (Phi) is 3.87. The summed E-state index contributed by atoms with van der Waals surface area (Å²) in [6.45, 7) is 0. The molecule has 0 bridgehead atoms. The second-order valence-corrected chi connectivity index (χ2v) is 5.78. The highest BCUT2D eigenvalue weighted by molar-refractivity contribution is 7.19. The molecule has 23 heavy (non-hydrogen) atoms. The number of aromatic hydroxyl groups is 2. The first-order valence-electron chi connectivity index (χ1n) is 6.70. The summed E-state index contributed by atoms with van der Waals surface area (Å²) in [5.74, 6) is -0.502. The van der Waals surface area contributed by atoms with Crippen LogP contribution < -0.4 is 4.74 Å². The molecule has 0 atom stereocenters. The molecule has 3 aromatic rings. The first-order chi connectivity index (χ1) is 11.1. The lowest BCUT2D eigenvalue weighted by Crippen LogP contribution is -1.86. The van der Waals surface area contributed by atoms with Crippen molar-refractivity contribution in [3.63, 3.8) is 0 Å². The minimum Gasteiger partial charge on any atom is -0.504 e. The lowest BCUT2D eigenvalue weighted by molar-refractivity contribution is 0.351. The van der Waals surface area contributed by atoms with Crippen LogP contribution >= 0.6 is 11.3 Å². The summed E-state index contributed by atoms with van der Waals surface area (Å²) in [5.41, 5.74) is 1.74. The van der Waals surface area contributed by atoms with E-state index in [1.165, 1.54) is 24.5 Å². The van der Waals surface area contributed by atoms with Crippen molar-refractivity contribution in [2.75, 3.05) is 7.11 Å². The number of thiazole rings is 1. The van der Waals surface area contributed by atoms with Gasteiger partial charge in [-0.15, -0.1) is 11.3 Å². The maximum absolute atomic E-state index is 9.73. The number of phenolic OH excluding ortho intramolecular Hbond substituents is 2. The van der Waals surface area contributed by atoms with Crippen LogP contribution in [0, 0.1) is 11.3 Å². The van der Waals surface area contributed by atoms with Crippen LogP contribution in [0.25, 0.3) is 21.9 Å². The predicted octanol–water partition coefficient (Wildman–Crippen LogP) is 3.78. The zero-order chi connectivity index (χ0) is 16.4. The Bertz CT molecular complexity index is 921. The number of hydrogen-bond donors (Lipinski definition) is 2. The van der Waals surface area contributed by atoms with Crippen molar-refractivity contribution in [2.45, 2.75) is 0 Å². The van der Waals surface area contributed by atoms with Gasteiger partial charge in [-0.2, -0.15) is 5.26 Å². The van der Waals surface area contributed by atoms with Gasteiger partial charge in [0, 0.05) is 0 Å². The molecule has 0 aliphatic rings. The van der Waals surface area contributed by atoms with Crippen molar-refractivity contribution in [1.82, 2.24) is 4.98 Å². The summed E-state index contributed by atoms with van der Waals surface area (Å²) in [6.07, 6.45) is 1.60. The molecular formula is C17H12N2O3S.